The first kappa shape index (κ1) is 11.5. The predicted octanol–water partition coefficient (Wildman–Crippen LogP) is 3.31. The smallest absolute Gasteiger partial charge is 0.303 e. The number of hydrogen-bond acceptors (Lipinski definition) is 1. The number of carboxylic acid groups (broad SMARTS) is 1. The fraction of sp³-hybridized carbons (Fsp3) is 0.917. The summed E-state index contributed by atoms with van der Waals surface area (Å²) in [5.41, 5.74) is 0.0667. The molecule has 0 radical (unpaired) electrons. The average molecular weight is 198 g/mol. The van der Waals surface area contributed by atoms with Crippen LogP contribution in [0, 0.1) is 17.3 Å². The second kappa shape index (κ2) is 4.33. The van der Waals surface area contributed by atoms with Gasteiger partial charge in [-0.1, -0.05) is 20.8 Å². The summed E-state index contributed by atoms with van der Waals surface area (Å²) in [5, 5.41) is 8.81. The summed E-state index contributed by atoms with van der Waals surface area (Å²) in [6.45, 7) is 6.66. The summed E-state index contributed by atoms with van der Waals surface area (Å²) < 4.78 is 0. The lowest BCUT2D eigenvalue weighted by molar-refractivity contribution is -0.140. The lowest BCUT2D eigenvalue weighted by atomic mass is 9.67. The SMILES string of the molecule is CC(C)C1CCC(C)(CC(=O)O)CC1. The molecule has 1 aliphatic rings. The molecule has 1 rings (SSSR count). The Bertz CT molecular complexity index is 200. The Morgan fingerprint density at radius 1 is 1.43 bits per heavy atom. The second-order valence-corrected chi connectivity index (χ2v) is 5.46. The molecule has 82 valence electrons. The third kappa shape index (κ3) is 3.00. The van der Waals surface area contributed by atoms with Crippen LogP contribution >= 0.6 is 0 Å². The first-order valence-electron chi connectivity index (χ1n) is 5.65. The summed E-state index contributed by atoms with van der Waals surface area (Å²) in [7, 11) is 0. The van der Waals surface area contributed by atoms with Gasteiger partial charge >= 0.3 is 5.97 Å². The van der Waals surface area contributed by atoms with Crippen molar-refractivity contribution < 1.29 is 9.90 Å². The van der Waals surface area contributed by atoms with Gasteiger partial charge < -0.3 is 5.11 Å². The van der Waals surface area contributed by atoms with Crippen LogP contribution in [-0.2, 0) is 4.79 Å². The van der Waals surface area contributed by atoms with Crippen LogP contribution in [0.15, 0.2) is 0 Å². The quantitative estimate of drug-likeness (QED) is 0.755. The van der Waals surface area contributed by atoms with E-state index in [0.717, 1.165) is 24.7 Å². The maximum absolute atomic E-state index is 10.7. The van der Waals surface area contributed by atoms with Crippen molar-refractivity contribution in [1.29, 1.82) is 0 Å². The van der Waals surface area contributed by atoms with Gasteiger partial charge in [-0.2, -0.15) is 0 Å². The Morgan fingerprint density at radius 3 is 2.29 bits per heavy atom. The van der Waals surface area contributed by atoms with E-state index >= 15 is 0 Å². The van der Waals surface area contributed by atoms with Gasteiger partial charge in [-0.25, -0.2) is 0 Å². The van der Waals surface area contributed by atoms with Crippen LogP contribution in [-0.4, -0.2) is 11.1 Å². The molecule has 2 nitrogen and oxygen atoms in total. The zero-order valence-corrected chi connectivity index (χ0v) is 9.55. The molecule has 0 aliphatic heterocycles. The third-order valence-electron chi connectivity index (χ3n) is 3.76. The third-order valence-corrected chi connectivity index (χ3v) is 3.76. The van der Waals surface area contributed by atoms with Crippen LogP contribution in [0.4, 0.5) is 0 Å². The number of rotatable bonds is 3. The van der Waals surface area contributed by atoms with Gasteiger partial charge in [-0.3, -0.25) is 4.79 Å². The van der Waals surface area contributed by atoms with Crippen molar-refractivity contribution in [2.45, 2.75) is 52.9 Å². The van der Waals surface area contributed by atoms with E-state index < -0.39 is 5.97 Å². The molecule has 0 atom stereocenters. The van der Waals surface area contributed by atoms with Gasteiger partial charge in [0.05, 0.1) is 6.42 Å². The maximum atomic E-state index is 10.7. The van der Waals surface area contributed by atoms with Crippen molar-refractivity contribution in [2.24, 2.45) is 17.3 Å². The van der Waals surface area contributed by atoms with E-state index in [0.29, 0.717) is 6.42 Å². The van der Waals surface area contributed by atoms with E-state index in [1.165, 1.54) is 12.8 Å². The number of carbonyl (C=O) groups is 1. The predicted molar refractivity (Wildman–Crippen MR) is 57.2 cm³/mol. The highest BCUT2D eigenvalue weighted by Crippen LogP contribution is 2.43. The van der Waals surface area contributed by atoms with Crippen LogP contribution in [0.1, 0.15) is 52.9 Å². The lowest BCUT2D eigenvalue weighted by Gasteiger charge is -2.37. The largest absolute Gasteiger partial charge is 0.481 e. The van der Waals surface area contributed by atoms with Gasteiger partial charge in [0.25, 0.3) is 0 Å². The molecule has 1 N–H and O–H groups in total. The molecule has 1 fully saturated rings. The van der Waals surface area contributed by atoms with Crippen molar-refractivity contribution in [2.75, 3.05) is 0 Å². The normalized spacial score (nSPS) is 33.3. The number of carboxylic acids is 1. The molecule has 2 heteroatoms. The molecule has 0 saturated heterocycles. The summed E-state index contributed by atoms with van der Waals surface area (Å²) in [6.07, 6.45) is 4.94. The van der Waals surface area contributed by atoms with E-state index in [1.807, 2.05) is 0 Å². The molecule has 0 aromatic carbocycles. The molecule has 0 unspecified atom stereocenters. The maximum Gasteiger partial charge on any atom is 0.303 e. The van der Waals surface area contributed by atoms with E-state index in [9.17, 15) is 4.79 Å². The van der Waals surface area contributed by atoms with Gasteiger partial charge in [0.15, 0.2) is 0 Å². The van der Waals surface area contributed by atoms with E-state index in [1.54, 1.807) is 0 Å². The topological polar surface area (TPSA) is 37.3 Å². The van der Waals surface area contributed by atoms with Gasteiger partial charge in [-0.05, 0) is 42.9 Å². The van der Waals surface area contributed by atoms with E-state index in [4.69, 9.17) is 5.11 Å². The van der Waals surface area contributed by atoms with Gasteiger partial charge in [0.2, 0.25) is 0 Å². The molecule has 0 heterocycles. The minimum absolute atomic E-state index is 0.0667. The van der Waals surface area contributed by atoms with Gasteiger partial charge in [0.1, 0.15) is 0 Å². The fourth-order valence-corrected chi connectivity index (χ4v) is 2.55. The first-order chi connectivity index (χ1) is 6.43. The summed E-state index contributed by atoms with van der Waals surface area (Å²) in [6, 6.07) is 0. The van der Waals surface area contributed by atoms with Gasteiger partial charge in [0, 0.05) is 0 Å². The Hall–Kier alpha value is -0.530. The van der Waals surface area contributed by atoms with Crippen LogP contribution in [0.25, 0.3) is 0 Å². The molecule has 0 aromatic heterocycles. The second-order valence-electron chi connectivity index (χ2n) is 5.46. The molecule has 1 aliphatic carbocycles. The molecule has 0 aromatic rings. The van der Waals surface area contributed by atoms with Crippen LogP contribution in [0.2, 0.25) is 0 Å². The minimum atomic E-state index is -0.643. The standard InChI is InChI=1S/C12H22O2/c1-9(2)10-4-6-12(3,7-5-10)8-11(13)14/h9-10H,4-8H2,1-3H3,(H,13,14). The molecular weight excluding hydrogens is 176 g/mol. The van der Waals surface area contributed by atoms with Crippen molar-refractivity contribution >= 4 is 5.97 Å². The average Bonchev–Trinajstić information content (AvgIpc) is 2.02. The zero-order chi connectivity index (χ0) is 10.8. The van der Waals surface area contributed by atoms with E-state index in [-0.39, 0.29) is 5.41 Å². The zero-order valence-electron chi connectivity index (χ0n) is 9.55. The van der Waals surface area contributed by atoms with Crippen LogP contribution in [0.5, 0.6) is 0 Å². The lowest BCUT2D eigenvalue weighted by Crippen LogP contribution is -2.28. The molecule has 1 saturated carbocycles. The molecule has 14 heavy (non-hydrogen) atoms. The molecule has 0 bridgehead atoms. The van der Waals surface area contributed by atoms with Crippen molar-refractivity contribution in [3.63, 3.8) is 0 Å². The van der Waals surface area contributed by atoms with Crippen LogP contribution in [0.3, 0.4) is 0 Å². The Balaban J connectivity index is 2.44. The monoisotopic (exact) mass is 198 g/mol. The van der Waals surface area contributed by atoms with E-state index in [2.05, 4.69) is 20.8 Å². The van der Waals surface area contributed by atoms with Crippen molar-refractivity contribution in [3.05, 3.63) is 0 Å². The number of hydrogen-bond donors (Lipinski definition) is 1. The minimum Gasteiger partial charge on any atom is -0.481 e. The Morgan fingerprint density at radius 2 is 1.93 bits per heavy atom. The highest BCUT2D eigenvalue weighted by atomic mass is 16.4. The Kier molecular flexibility index (Phi) is 3.57. The summed E-state index contributed by atoms with van der Waals surface area (Å²) in [4.78, 5) is 10.7. The number of aliphatic carboxylic acids is 1. The highest BCUT2D eigenvalue weighted by molar-refractivity contribution is 5.67. The van der Waals surface area contributed by atoms with Crippen molar-refractivity contribution in [3.8, 4) is 0 Å². The fourth-order valence-electron chi connectivity index (χ4n) is 2.55. The molecule has 0 amide bonds. The first-order valence-corrected chi connectivity index (χ1v) is 5.65. The Labute approximate surface area is 86.7 Å². The summed E-state index contributed by atoms with van der Waals surface area (Å²) >= 11 is 0. The van der Waals surface area contributed by atoms with Gasteiger partial charge in [-0.15, -0.1) is 0 Å². The molecule has 0 spiro atoms. The van der Waals surface area contributed by atoms with Crippen LogP contribution < -0.4 is 0 Å². The van der Waals surface area contributed by atoms with Crippen molar-refractivity contribution in [1.82, 2.24) is 0 Å². The highest BCUT2D eigenvalue weighted by Gasteiger charge is 2.33. The summed E-state index contributed by atoms with van der Waals surface area (Å²) in [5.74, 6) is 0.928. The molecular formula is C12H22O2.